The molecule has 1 N–H and O–H groups in total. The van der Waals surface area contributed by atoms with Crippen molar-refractivity contribution in [3.63, 3.8) is 0 Å². The fourth-order valence-corrected chi connectivity index (χ4v) is 1.77. The standard InChI is InChI=1S/C13H14O4/c14-13(15)11(7-12-8-16-9-17-12)6-10-4-2-1-3-5-10/h1-5,8,11H,6-7,9H2,(H,14,15). The van der Waals surface area contributed by atoms with Crippen molar-refractivity contribution in [2.24, 2.45) is 5.92 Å². The SMILES string of the molecule is O=C(O)C(CC1=COCO1)Cc1ccccc1. The number of hydrogen-bond acceptors (Lipinski definition) is 3. The summed E-state index contributed by atoms with van der Waals surface area (Å²) in [6.07, 6.45) is 2.35. The number of aliphatic carboxylic acids is 1. The molecule has 0 amide bonds. The maximum Gasteiger partial charge on any atom is 0.307 e. The van der Waals surface area contributed by atoms with Crippen LogP contribution in [0.25, 0.3) is 0 Å². The fourth-order valence-electron chi connectivity index (χ4n) is 1.77. The van der Waals surface area contributed by atoms with Gasteiger partial charge < -0.3 is 14.6 Å². The molecule has 1 unspecified atom stereocenters. The number of benzene rings is 1. The van der Waals surface area contributed by atoms with Gasteiger partial charge in [0.25, 0.3) is 0 Å². The van der Waals surface area contributed by atoms with Crippen LogP contribution >= 0.6 is 0 Å². The lowest BCUT2D eigenvalue weighted by Gasteiger charge is -2.12. The van der Waals surface area contributed by atoms with Gasteiger partial charge in [0.05, 0.1) is 5.92 Å². The molecule has 0 radical (unpaired) electrons. The first kappa shape index (κ1) is 11.5. The van der Waals surface area contributed by atoms with Gasteiger partial charge in [-0.2, -0.15) is 0 Å². The summed E-state index contributed by atoms with van der Waals surface area (Å²) in [7, 11) is 0. The average Bonchev–Trinajstić information content (AvgIpc) is 2.82. The third-order valence-electron chi connectivity index (χ3n) is 2.65. The van der Waals surface area contributed by atoms with Gasteiger partial charge >= 0.3 is 5.97 Å². The van der Waals surface area contributed by atoms with Crippen LogP contribution in [0.4, 0.5) is 0 Å². The van der Waals surface area contributed by atoms with E-state index >= 15 is 0 Å². The fraction of sp³-hybridized carbons (Fsp3) is 0.308. The molecule has 0 bridgehead atoms. The maximum absolute atomic E-state index is 11.2. The predicted octanol–water partition coefficient (Wildman–Crippen LogP) is 2.17. The lowest BCUT2D eigenvalue weighted by atomic mass is 9.96. The van der Waals surface area contributed by atoms with Gasteiger partial charge in [0.2, 0.25) is 6.79 Å². The average molecular weight is 234 g/mol. The minimum atomic E-state index is -0.815. The minimum Gasteiger partial charge on any atom is -0.481 e. The van der Waals surface area contributed by atoms with Crippen molar-refractivity contribution >= 4 is 5.97 Å². The van der Waals surface area contributed by atoms with Crippen molar-refractivity contribution in [3.05, 3.63) is 47.9 Å². The summed E-state index contributed by atoms with van der Waals surface area (Å²) >= 11 is 0. The molecule has 0 spiro atoms. The molecule has 0 fully saturated rings. The van der Waals surface area contributed by atoms with Crippen LogP contribution in [0.1, 0.15) is 12.0 Å². The molecular formula is C13H14O4. The number of rotatable bonds is 5. The number of carboxylic acid groups (broad SMARTS) is 1. The Morgan fingerprint density at radius 1 is 1.29 bits per heavy atom. The van der Waals surface area contributed by atoms with Gasteiger partial charge in [-0.25, -0.2) is 0 Å². The highest BCUT2D eigenvalue weighted by Gasteiger charge is 2.22. The van der Waals surface area contributed by atoms with Crippen molar-refractivity contribution < 1.29 is 19.4 Å². The number of allylic oxidation sites excluding steroid dienone is 1. The van der Waals surface area contributed by atoms with Gasteiger partial charge in [0, 0.05) is 6.42 Å². The summed E-state index contributed by atoms with van der Waals surface area (Å²) in [5.41, 5.74) is 1.01. The highest BCUT2D eigenvalue weighted by Crippen LogP contribution is 2.21. The Morgan fingerprint density at radius 2 is 2.06 bits per heavy atom. The second-order valence-electron chi connectivity index (χ2n) is 3.94. The lowest BCUT2D eigenvalue weighted by Crippen LogP contribution is -2.17. The maximum atomic E-state index is 11.2. The van der Waals surface area contributed by atoms with E-state index in [4.69, 9.17) is 9.47 Å². The monoisotopic (exact) mass is 234 g/mol. The van der Waals surface area contributed by atoms with Crippen LogP contribution in [0.2, 0.25) is 0 Å². The van der Waals surface area contributed by atoms with Crippen LogP contribution in [0.15, 0.2) is 42.4 Å². The van der Waals surface area contributed by atoms with Crippen molar-refractivity contribution in [3.8, 4) is 0 Å². The Hall–Kier alpha value is -1.97. The van der Waals surface area contributed by atoms with E-state index in [1.54, 1.807) is 0 Å². The second kappa shape index (κ2) is 5.39. The third kappa shape index (κ3) is 3.24. The van der Waals surface area contributed by atoms with Gasteiger partial charge in [-0.3, -0.25) is 4.79 Å². The van der Waals surface area contributed by atoms with E-state index in [1.165, 1.54) is 6.26 Å². The molecular weight excluding hydrogens is 220 g/mol. The summed E-state index contributed by atoms with van der Waals surface area (Å²) in [6, 6.07) is 9.58. The second-order valence-corrected chi connectivity index (χ2v) is 3.94. The Kier molecular flexibility index (Phi) is 3.65. The zero-order valence-electron chi connectivity index (χ0n) is 9.33. The van der Waals surface area contributed by atoms with Gasteiger partial charge in [-0.15, -0.1) is 0 Å². The summed E-state index contributed by atoms with van der Waals surface area (Å²) < 4.78 is 10.1. The van der Waals surface area contributed by atoms with Gasteiger partial charge in [0.1, 0.15) is 12.0 Å². The Morgan fingerprint density at radius 3 is 2.65 bits per heavy atom. The predicted molar refractivity (Wildman–Crippen MR) is 61.0 cm³/mol. The number of hydrogen-bond donors (Lipinski definition) is 1. The highest BCUT2D eigenvalue weighted by molar-refractivity contribution is 5.70. The van der Waals surface area contributed by atoms with Crippen LogP contribution < -0.4 is 0 Å². The number of ether oxygens (including phenoxy) is 2. The Balaban J connectivity index is 2.00. The first-order valence-electron chi connectivity index (χ1n) is 5.46. The number of carboxylic acids is 1. The molecule has 0 saturated heterocycles. The van der Waals surface area contributed by atoms with Crippen LogP contribution in [0, 0.1) is 5.92 Å². The molecule has 1 heterocycles. The summed E-state index contributed by atoms with van der Waals surface area (Å²) in [5.74, 6) is -0.691. The topological polar surface area (TPSA) is 55.8 Å². The van der Waals surface area contributed by atoms with Crippen LogP contribution in [0.3, 0.4) is 0 Å². The van der Waals surface area contributed by atoms with E-state index in [0.717, 1.165) is 5.56 Å². The van der Waals surface area contributed by atoms with Crippen molar-refractivity contribution in [1.82, 2.24) is 0 Å². The van der Waals surface area contributed by atoms with E-state index in [1.807, 2.05) is 30.3 Å². The van der Waals surface area contributed by atoms with E-state index in [-0.39, 0.29) is 6.79 Å². The molecule has 0 saturated carbocycles. The van der Waals surface area contributed by atoms with Crippen molar-refractivity contribution in [2.45, 2.75) is 12.8 Å². The molecule has 1 aromatic rings. The summed E-state index contributed by atoms with van der Waals surface area (Å²) in [6.45, 7) is 0.188. The zero-order valence-corrected chi connectivity index (χ0v) is 9.33. The van der Waals surface area contributed by atoms with Crippen LogP contribution in [-0.2, 0) is 20.7 Å². The van der Waals surface area contributed by atoms with E-state index < -0.39 is 11.9 Å². The molecule has 1 aliphatic rings. The molecule has 4 nitrogen and oxygen atoms in total. The smallest absolute Gasteiger partial charge is 0.307 e. The zero-order chi connectivity index (χ0) is 12.1. The molecule has 1 aromatic carbocycles. The lowest BCUT2D eigenvalue weighted by molar-refractivity contribution is -0.141. The quantitative estimate of drug-likeness (QED) is 0.848. The van der Waals surface area contributed by atoms with E-state index in [0.29, 0.717) is 18.6 Å². The largest absolute Gasteiger partial charge is 0.481 e. The summed E-state index contributed by atoms with van der Waals surface area (Å²) in [4.78, 5) is 11.2. The molecule has 90 valence electrons. The van der Waals surface area contributed by atoms with Crippen LogP contribution in [-0.4, -0.2) is 17.9 Å². The molecule has 0 aliphatic carbocycles. The highest BCUT2D eigenvalue weighted by atomic mass is 16.7. The first-order valence-corrected chi connectivity index (χ1v) is 5.46. The first-order chi connectivity index (χ1) is 8.25. The molecule has 1 atom stereocenters. The Bertz CT molecular complexity index is 411. The van der Waals surface area contributed by atoms with E-state index in [2.05, 4.69) is 0 Å². The number of carbonyl (C=O) groups is 1. The van der Waals surface area contributed by atoms with Crippen molar-refractivity contribution in [2.75, 3.05) is 6.79 Å². The minimum absolute atomic E-state index is 0.188. The molecule has 2 rings (SSSR count). The van der Waals surface area contributed by atoms with Gasteiger partial charge in [-0.1, -0.05) is 30.3 Å². The normalized spacial score (nSPS) is 15.6. The van der Waals surface area contributed by atoms with Gasteiger partial charge in [0.15, 0.2) is 0 Å². The molecule has 17 heavy (non-hydrogen) atoms. The molecule has 1 aliphatic heterocycles. The van der Waals surface area contributed by atoms with Crippen LogP contribution in [0.5, 0.6) is 0 Å². The van der Waals surface area contributed by atoms with Crippen molar-refractivity contribution in [1.29, 1.82) is 0 Å². The summed E-state index contributed by atoms with van der Waals surface area (Å²) in [5, 5.41) is 9.17. The third-order valence-corrected chi connectivity index (χ3v) is 2.65. The Labute approximate surface area is 99.5 Å². The van der Waals surface area contributed by atoms with E-state index in [9.17, 15) is 9.90 Å². The molecule has 0 aromatic heterocycles. The van der Waals surface area contributed by atoms with Gasteiger partial charge in [-0.05, 0) is 12.0 Å². The molecule has 4 heteroatoms.